The van der Waals surface area contributed by atoms with Crippen molar-refractivity contribution in [3.8, 4) is 5.75 Å². The summed E-state index contributed by atoms with van der Waals surface area (Å²) < 4.78 is 6.56. The zero-order chi connectivity index (χ0) is 22.0. The Bertz CT molecular complexity index is 943. The van der Waals surface area contributed by atoms with Gasteiger partial charge in [0.25, 0.3) is 5.91 Å². The molecule has 0 radical (unpaired) electrons. The molecule has 2 unspecified atom stereocenters. The molecule has 31 heavy (non-hydrogen) atoms. The summed E-state index contributed by atoms with van der Waals surface area (Å²) in [6, 6.07) is 17.5. The van der Waals surface area contributed by atoms with E-state index in [1.54, 1.807) is 0 Å². The van der Waals surface area contributed by atoms with Crippen molar-refractivity contribution in [2.24, 2.45) is 0 Å². The van der Waals surface area contributed by atoms with E-state index in [1.165, 1.54) is 12.0 Å². The normalized spacial score (nSPS) is 25.2. The molecule has 2 bridgehead atoms. The standard InChI is InChI=1S/C25H28N2O2.C2H6/c1-3-27(4-2)24(28)18-11-9-17(10-12-18)22-16-25(14-19-13-20(15-25)26-19)29-23-8-6-5-7-21(22)23;1-2/h5-12,16,19-20,26H,3-4,13-15H2,1-2H3;1-2H3. The summed E-state index contributed by atoms with van der Waals surface area (Å²) >= 11 is 0. The zero-order valence-corrected chi connectivity index (χ0v) is 19.2. The molecule has 2 aromatic rings. The van der Waals surface area contributed by atoms with Gasteiger partial charge in [-0.05, 0) is 55.7 Å². The maximum Gasteiger partial charge on any atom is 0.253 e. The van der Waals surface area contributed by atoms with Crippen molar-refractivity contribution >= 4 is 11.5 Å². The summed E-state index contributed by atoms with van der Waals surface area (Å²) in [4.78, 5) is 14.5. The topological polar surface area (TPSA) is 41.6 Å². The molecule has 3 fully saturated rings. The number of benzene rings is 2. The summed E-state index contributed by atoms with van der Waals surface area (Å²) in [5.41, 5.74) is 4.01. The van der Waals surface area contributed by atoms with Crippen LogP contribution in [0.3, 0.4) is 0 Å². The van der Waals surface area contributed by atoms with Crippen LogP contribution in [-0.4, -0.2) is 41.6 Å². The van der Waals surface area contributed by atoms with E-state index in [0.29, 0.717) is 12.1 Å². The lowest BCUT2D eigenvalue weighted by Gasteiger charge is -2.53. The smallest absolute Gasteiger partial charge is 0.253 e. The van der Waals surface area contributed by atoms with Crippen LogP contribution in [0.1, 0.15) is 68.4 Å². The Morgan fingerprint density at radius 3 is 2.26 bits per heavy atom. The predicted molar refractivity (Wildman–Crippen MR) is 126 cm³/mol. The maximum absolute atomic E-state index is 12.7. The number of para-hydroxylation sites is 1. The highest BCUT2D eigenvalue weighted by atomic mass is 16.5. The molecule has 4 aliphatic rings. The minimum Gasteiger partial charge on any atom is -0.482 e. The number of hydrogen-bond acceptors (Lipinski definition) is 3. The minimum absolute atomic E-state index is 0.0952. The molecule has 3 heterocycles. The van der Waals surface area contributed by atoms with Crippen molar-refractivity contribution in [1.82, 2.24) is 10.2 Å². The van der Waals surface area contributed by atoms with Crippen LogP contribution in [0.2, 0.25) is 0 Å². The molecular formula is C27H34N2O2. The number of ether oxygens (including phenoxy) is 1. The number of hydrogen-bond donors (Lipinski definition) is 1. The lowest BCUT2D eigenvalue weighted by Crippen LogP contribution is -2.64. The highest BCUT2D eigenvalue weighted by Gasteiger charge is 2.49. The second-order valence-electron chi connectivity index (χ2n) is 8.48. The Labute approximate surface area is 186 Å². The average Bonchev–Trinajstić information content (AvgIpc) is 2.80. The largest absolute Gasteiger partial charge is 0.482 e. The Morgan fingerprint density at radius 2 is 1.65 bits per heavy atom. The Kier molecular flexibility index (Phi) is 6.19. The molecule has 1 saturated carbocycles. The van der Waals surface area contributed by atoms with Gasteiger partial charge in [0.1, 0.15) is 11.4 Å². The molecule has 1 spiro atoms. The van der Waals surface area contributed by atoms with E-state index in [4.69, 9.17) is 4.74 Å². The van der Waals surface area contributed by atoms with Crippen LogP contribution in [0.5, 0.6) is 5.75 Å². The van der Waals surface area contributed by atoms with Crippen molar-refractivity contribution in [1.29, 1.82) is 0 Å². The first-order valence-electron chi connectivity index (χ1n) is 11.8. The van der Waals surface area contributed by atoms with Gasteiger partial charge in [0.15, 0.2) is 0 Å². The van der Waals surface area contributed by atoms with E-state index in [2.05, 4.69) is 41.7 Å². The van der Waals surface area contributed by atoms with Gasteiger partial charge in [0.05, 0.1) is 0 Å². The lowest BCUT2D eigenvalue weighted by molar-refractivity contribution is -0.00237. The fourth-order valence-electron chi connectivity index (χ4n) is 5.15. The number of nitrogens with one attached hydrogen (secondary N) is 1. The summed E-state index contributed by atoms with van der Waals surface area (Å²) in [6.45, 7) is 9.49. The molecular weight excluding hydrogens is 384 g/mol. The monoisotopic (exact) mass is 418 g/mol. The van der Waals surface area contributed by atoms with Gasteiger partial charge in [-0.1, -0.05) is 44.2 Å². The third-order valence-corrected chi connectivity index (χ3v) is 6.62. The molecule has 3 aliphatic heterocycles. The molecule has 1 aliphatic carbocycles. The second-order valence-corrected chi connectivity index (χ2v) is 8.48. The quantitative estimate of drug-likeness (QED) is 0.734. The highest BCUT2D eigenvalue weighted by molar-refractivity contribution is 5.95. The van der Waals surface area contributed by atoms with E-state index in [9.17, 15) is 4.79 Å². The van der Waals surface area contributed by atoms with Crippen LogP contribution in [0, 0.1) is 0 Å². The van der Waals surface area contributed by atoms with Gasteiger partial charge in [0, 0.05) is 49.1 Å². The first kappa shape index (κ1) is 21.6. The highest BCUT2D eigenvalue weighted by Crippen LogP contribution is 2.47. The SMILES string of the molecule is CC.CCN(CC)C(=O)c1ccc(C2=CC3(CC4CC(C3)N4)Oc3ccccc32)cc1. The number of amides is 1. The Hall–Kier alpha value is -2.59. The molecule has 164 valence electrons. The minimum atomic E-state index is -0.224. The van der Waals surface area contributed by atoms with Crippen LogP contribution in [0.15, 0.2) is 54.6 Å². The van der Waals surface area contributed by atoms with Crippen molar-refractivity contribution in [3.05, 3.63) is 71.3 Å². The number of piperidine rings is 1. The van der Waals surface area contributed by atoms with Gasteiger partial charge in [0.2, 0.25) is 0 Å². The van der Waals surface area contributed by atoms with Crippen LogP contribution in [0.25, 0.3) is 5.57 Å². The van der Waals surface area contributed by atoms with Crippen LogP contribution in [-0.2, 0) is 0 Å². The fraction of sp³-hybridized carbons (Fsp3) is 0.444. The lowest BCUT2D eigenvalue weighted by atomic mass is 9.70. The van der Waals surface area contributed by atoms with Gasteiger partial charge in [-0.3, -0.25) is 4.79 Å². The zero-order valence-electron chi connectivity index (χ0n) is 19.2. The van der Waals surface area contributed by atoms with Crippen LogP contribution >= 0.6 is 0 Å². The van der Waals surface area contributed by atoms with Crippen molar-refractivity contribution in [2.75, 3.05) is 13.1 Å². The number of fused-ring (bicyclic) bond motifs is 1. The van der Waals surface area contributed by atoms with Crippen LogP contribution in [0.4, 0.5) is 0 Å². The molecule has 2 atom stereocenters. The molecule has 1 amide bonds. The van der Waals surface area contributed by atoms with Gasteiger partial charge in [-0.25, -0.2) is 0 Å². The molecule has 4 nitrogen and oxygen atoms in total. The van der Waals surface area contributed by atoms with Gasteiger partial charge >= 0.3 is 0 Å². The third-order valence-electron chi connectivity index (χ3n) is 6.62. The first-order chi connectivity index (χ1) is 15.1. The van der Waals surface area contributed by atoms with Gasteiger partial charge in [-0.15, -0.1) is 0 Å². The van der Waals surface area contributed by atoms with Crippen molar-refractivity contribution in [2.45, 2.75) is 64.6 Å². The summed E-state index contributed by atoms with van der Waals surface area (Å²) in [5, 5.41) is 3.62. The first-order valence-corrected chi connectivity index (χ1v) is 11.8. The summed E-state index contributed by atoms with van der Waals surface area (Å²) in [6.07, 6.45) is 5.63. The fourth-order valence-corrected chi connectivity index (χ4v) is 5.15. The molecule has 4 heteroatoms. The van der Waals surface area contributed by atoms with Crippen molar-refractivity contribution < 1.29 is 9.53 Å². The molecule has 0 aromatic heterocycles. The third kappa shape index (κ3) is 4.01. The number of carbonyl (C=O) groups excluding carboxylic acids is 1. The van der Waals surface area contributed by atoms with Gasteiger partial charge in [-0.2, -0.15) is 0 Å². The Morgan fingerprint density at radius 1 is 1.03 bits per heavy atom. The number of rotatable bonds is 4. The van der Waals surface area contributed by atoms with E-state index in [0.717, 1.165) is 48.4 Å². The molecule has 1 N–H and O–H groups in total. The van der Waals surface area contributed by atoms with E-state index in [-0.39, 0.29) is 11.5 Å². The summed E-state index contributed by atoms with van der Waals surface area (Å²) in [7, 11) is 0. The van der Waals surface area contributed by atoms with E-state index in [1.807, 2.05) is 50.8 Å². The number of nitrogens with zero attached hydrogens (tertiary/aromatic N) is 1. The Balaban J connectivity index is 0.00000112. The molecule has 2 aromatic carbocycles. The second kappa shape index (κ2) is 8.88. The predicted octanol–water partition coefficient (Wildman–Crippen LogP) is 5.28. The maximum atomic E-state index is 12.7. The number of carbonyl (C=O) groups is 1. The summed E-state index contributed by atoms with van der Waals surface area (Å²) in [5.74, 6) is 1.06. The van der Waals surface area contributed by atoms with Gasteiger partial charge < -0.3 is 15.0 Å². The van der Waals surface area contributed by atoms with E-state index >= 15 is 0 Å². The molecule has 2 saturated heterocycles. The molecule has 6 rings (SSSR count). The average molecular weight is 419 g/mol. The van der Waals surface area contributed by atoms with E-state index < -0.39 is 0 Å². The van der Waals surface area contributed by atoms with Crippen molar-refractivity contribution in [3.63, 3.8) is 0 Å². The van der Waals surface area contributed by atoms with Crippen LogP contribution < -0.4 is 10.1 Å².